The van der Waals surface area contributed by atoms with Crippen molar-refractivity contribution in [2.24, 2.45) is 0 Å². The second kappa shape index (κ2) is 6.58. The third kappa shape index (κ3) is 3.62. The Kier molecular flexibility index (Phi) is 5.25. The average molecular weight is 395 g/mol. The lowest BCUT2D eigenvalue weighted by Crippen LogP contribution is -2.26. The summed E-state index contributed by atoms with van der Waals surface area (Å²) in [5.74, 6) is 0.297. The molecule has 0 saturated heterocycles. The Balaban J connectivity index is 2.24. The monoisotopic (exact) mass is 393 g/mol. The minimum Gasteiger partial charge on any atom is -0.207 e. The van der Waals surface area contributed by atoms with Crippen LogP contribution in [0.1, 0.15) is 10.4 Å². The molecule has 1 heterocycles. The predicted molar refractivity (Wildman–Crippen MR) is 86.7 cm³/mol. The van der Waals surface area contributed by atoms with E-state index in [2.05, 4.69) is 15.9 Å². The first-order valence-electron chi connectivity index (χ1n) is 5.77. The van der Waals surface area contributed by atoms with Gasteiger partial charge in [0.15, 0.2) is 0 Å². The largest absolute Gasteiger partial charge is 0.243 e. The van der Waals surface area contributed by atoms with Gasteiger partial charge in [-0.15, -0.1) is 22.9 Å². The van der Waals surface area contributed by atoms with Crippen LogP contribution in [0.5, 0.6) is 0 Å². The number of sulfonamides is 1. The molecule has 7 heteroatoms. The van der Waals surface area contributed by atoms with Crippen LogP contribution in [0.4, 0.5) is 0 Å². The summed E-state index contributed by atoms with van der Waals surface area (Å²) in [5.41, 5.74) is 0.792. The highest BCUT2D eigenvalue weighted by atomic mass is 79.9. The molecule has 0 saturated carbocycles. The van der Waals surface area contributed by atoms with Crippen LogP contribution in [-0.2, 0) is 22.4 Å². The fourth-order valence-electron chi connectivity index (χ4n) is 1.71. The molecule has 0 spiro atoms. The molecule has 108 valence electrons. The van der Waals surface area contributed by atoms with Gasteiger partial charge in [-0.1, -0.05) is 12.1 Å². The first-order chi connectivity index (χ1) is 9.43. The minimum absolute atomic E-state index is 0.272. The van der Waals surface area contributed by atoms with E-state index in [1.807, 2.05) is 17.5 Å². The van der Waals surface area contributed by atoms with Crippen LogP contribution in [0.2, 0.25) is 0 Å². The zero-order valence-corrected chi connectivity index (χ0v) is 14.7. The molecule has 3 nitrogen and oxygen atoms in total. The van der Waals surface area contributed by atoms with Crippen LogP contribution in [0.25, 0.3) is 0 Å². The number of thiophene rings is 1. The quantitative estimate of drug-likeness (QED) is 0.717. The van der Waals surface area contributed by atoms with Crippen LogP contribution in [-0.4, -0.2) is 19.8 Å². The summed E-state index contributed by atoms with van der Waals surface area (Å²) in [6.07, 6.45) is 0. The SMILES string of the molecule is CN(Cc1cc(Br)cs1)S(=O)(=O)c1cccc(CCl)c1. The maximum atomic E-state index is 12.5. The van der Waals surface area contributed by atoms with E-state index in [1.54, 1.807) is 25.2 Å². The van der Waals surface area contributed by atoms with Crippen LogP contribution in [0, 0.1) is 0 Å². The maximum Gasteiger partial charge on any atom is 0.243 e. The highest BCUT2D eigenvalue weighted by molar-refractivity contribution is 9.10. The summed E-state index contributed by atoms with van der Waals surface area (Å²) in [7, 11) is -1.91. The maximum absolute atomic E-state index is 12.5. The van der Waals surface area contributed by atoms with Gasteiger partial charge >= 0.3 is 0 Å². The molecule has 1 aromatic heterocycles. The second-order valence-corrected chi connectivity index (χ2v) is 8.50. The first-order valence-corrected chi connectivity index (χ1v) is 9.42. The van der Waals surface area contributed by atoms with Crippen LogP contribution >= 0.6 is 38.9 Å². The lowest BCUT2D eigenvalue weighted by atomic mass is 10.2. The van der Waals surface area contributed by atoms with E-state index >= 15 is 0 Å². The molecule has 0 radical (unpaired) electrons. The van der Waals surface area contributed by atoms with Gasteiger partial charge in [0.1, 0.15) is 0 Å². The normalized spacial score (nSPS) is 12.0. The van der Waals surface area contributed by atoms with Crippen molar-refractivity contribution < 1.29 is 8.42 Å². The summed E-state index contributed by atoms with van der Waals surface area (Å²) in [5, 5.41) is 1.93. The lowest BCUT2D eigenvalue weighted by Gasteiger charge is -2.16. The van der Waals surface area contributed by atoms with Crippen molar-refractivity contribution in [1.82, 2.24) is 4.31 Å². The molecule has 0 amide bonds. The number of halogens is 2. The molecule has 20 heavy (non-hydrogen) atoms. The second-order valence-electron chi connectivity index (χ2n) is 4.27. The highest BCUT2D eigenvalue weighted by Gasteiger charge is 2.21. The number of nitrogens with zero attached hydrogens (tertiary/aromatic N) is 1. The highest BCUT2D eigenvalue weighted by Crippen LogP contribution is 2.24. The number of benzene rings is 1. The van der Waals surface area contributed by atoms with Gasteiger partial charge in [0.25, 0.3) is 0 Å². The summed E-state index contributed by atoms with van der Waals surface area (Å²) >= 11 is 10.6. The zero-order valence-electron chi connectivity index (χ0n) is 10.7. The molecule has 0 fully saturated rings. The smallest absolute Gasteiger partial charge is 0.207 e. The molecule has 0 atom stereocenters. The zero-order chi connectivity index (χ0) is 14.8. The van der Waals surface area contributed by atoms with Gasteiger partial charge < -0.3 is 0 Å². The van der Waals surface area contributed by atoms with Crippen molar-refractivity contribution in [3.05, 3.63) is 50.6 Å². The fraction of sp³-hybridized carbons (Fsp3) is 0.231. The minimum atomic E-state index is -3.49. The summed E-state index contributed by atoms with van der Waals surface area (Å²) in [4.78, 5) is 1.25. The topological polar surface area (TPSA) is 37.4 Å². The lowest BCUT2D eigenvalue weighted by molar-refractivity contribution is 0.469. The molecular formula is C13H13BrClNO2S2. The Morgan fingerprint density at radius 3 is 2.70 bits per heavy atom. The fourth-order valence-corrected chi connectivity index (χ4v) is 4.68. The van der Waals surface area contributed by atoms with E-state index in [9.17, 15) is 8.42 Å². The molecule has 0 aliphatic carbocycles. The number of rotatable bonds is 5. The van der Waals surface area contributed by atoms with Crippen molar-refractivity contribution in [1.29, 1.82) is 0 Å². The van der Waals surface area contributed by atoms with E-state index in [1.165, 1.54) is 15.6 Å². The average Bonchev–Trinajstić information content (AvgIpc) is 2.84. The number of hydrogen-bond acceptors (Lipinski definition) is 3. The van der Waals surface area contributed by atoms with Crippen LogP contribution < -0.4 is 0 Å². The summed E-state index contributed by atoms with van der Waals surface area (Å²) in [6, 6.07) is 8.64. The van der Waals surface area contributed by atoms with Gasteiger partial charge in [-0.05, 0) is 39.7 Å². The van der Waals surface area contributed by atoms with Gasteiger partial charge in [-0.25, -0.2) is 8.42 Å². The van der Waals surface area contributed by atoms with E-state index in [0.717, 1.165) is 14.9 Å². The molecule has 2 aromatic rings. The molecule has 0 aliphatic rings. The van der Waals surface area contributed by atoms with Crippen LogP contribution in [0.3, 0.4) is 0 Å². The summed E-state index contributed by atoms with van der Waals surface area (Å²) in [6.45, 7) is 0.351. The van der Waals surface area contributed by atoms with Gasteiger partial charge in [0, 0.05) is 34.2 Å². The Bertz CT molecular complexity index is 700. The van der Waals surface area contributed by atoms with E-state index in [4.69, 9.17) is 11.6 Å². The standard InChI is InChI=1S/C13H13BrClNO2S2/c1-16(8-12-6-11(14)9-19-12)20(17,18)13-4-2-3-10(5-13)7-15/h2-6,9H,7-8H2,1H3. The molecule has 0 unspecified atom stereocenters. The third-order valence-electron chi connectivity index (χ3n) is 2.76. The van der Waals surface area contributed by atoms with E-state index in [-0.39, 0.29) is 4.90 Å². The first kappa shape index (κ1) is 16.0. The Labute approximate surface area is 136 Å². The van der Waals surface area contributed by atoms with Crippen molar-refractivity contribution in [2.45, 2.75) is 17.3 Å². The third-order valence-corrected chi connectivity index (χ3v) is 6.55. The van der Waals surface area contributed by atoms with Crippen molar-refractivity contribution in [2.75, 3.05) is 7.05 Å². The van der Waals surface area contributed by atoms with Crippen molar-refractivity contribution in [3.8, 4) is 0 Å². The van der Waals surface area contributed by atoms with Gasteiger partial charge in [0.05, 0.1) is 4.90 Å². The van der Waals surface area contributed by atoms with Crippen molar-refractivity contribution in [3.63, 3.8) is 0 Å². The Morgan fingerprint density at radius 1 is 1.35 bits per heavy atom. The molecule has 1 aromatic carbocycles. The number of hydrogen-bond donors (Lipinski definition) is 0. The molecule has 0 bridgehead atoms. The van der Waals surface area contributed by atoms with E-state index < -0.39 is 10.0 Å². The number of alkyl halides is 1. The Morgan fingerprint density at radius 2 is 2.10 bits per heavy atom. The van der Waals surface area contributed by atoms with E-state index in [0.29, 0.717) is 12.4 Å². The van der Waals surface area contributed by atoms with Gasteiger partial charge in [-0.2, -0.15) is 4.31 Å². The predicted octanol–water partition coefficient (Wildman–Crippen LogP) is 4.07. The van der Waals surface area contributed by atoms with Gasteiger partial charge in [0.2, 0.25) is 10.0 Å². The molecule has 0 aliphatic heterocycles. The molecular weight excluding hydrogens is 382 g/mol. The summed E-state index contributed by atoms with van der Waals surface area (Å²) < 4.78 is 27.3. The molecule has 2 rings (SSSR count). The van der Waals surface area contributed by atoms with Crippen molar-refractivity contribution >= 4 is 48.9 Å². The molecule has 0 N–H and O–H groups in total. The van der Waals surface area contributed by atoms with Crippen LogP contribution in [0.15, 0.2) is 45.1 Å². The van der Waals surface area contributed by atoms with Gasteiger partial charge in [-0.3, -0.25) is 0 Å². The Hall–Kier alpha value is -0.400.